The van der Waals surface area contributed by atoms with Gasteiger partial charge >= 0.3 is 0 Å². The van der Waals surface area contributed by atoms with Crippen LogP contribution in [0.2, 0.25) is 0 Å². The van der Waals surface area contributed by atoms with Gasteiger partial charge in [-0.2, -0.15) is 5.10 Å². The highest BCUT2D eigenvalue weighted by molar-refractivity contribution is 6.01. The molecule has 1 saturated carbocycles. The Balaban J connectivity index is 1.97. The highest BCUT2D eigenvalue weighted by atomic mass is 16.1. The van der Waals surface area contributed by atoms with Crippen molar-refractivity contribution in [3.8, 4) is 0 Å². The summed E-state index contributed by atoms with van der Waals surface area (Å²) >= 11 is 0. The lowest BCUT2D eigenvalue weighted by Gasteiger charge is -2.16. The van der Waals surface area contributed by atoms with E-state index in [0.29, 0.717) is 23.7 Å². The lowest BCUT2D eigenvalue weighted by Crippen LogP contribution is -2.07. The molecule has 1 amide bonds. The lowest BCUT2D eigenvalue weighted by atomic mass is 9.96. The Morgan fingerprint density at radius 1 is 1.36 bits per heavy atom. The summed E-state index contributed by atoms with van der Waals surface area (Å²) in [6.07, 6.45) is 7.17. The maximum Gasteiger partial charge on any atom is 0.211 e. The van der Waals surface area contributed by atoms with Gasteiger partial charge in [0.2, 0.25) is 6.41 Å². The minimum absolute atomic E-state index is 0.160. The number of allylic oxidation sites excluding steroid dienone is 2. The summed E-state index contributed by atoms with van der Waals surface area (Å²) in [5, 5.41) is 10.6. The van der Waals surface area contributed by atoms with E-state index in [4.69, 9.17) is 0 Å². The first-order chi connectivity index (χ1) is 13.4. The number of nitrogens with one attached hydrogen (secondary N) is 2. The SMILES string of the molecule is CC/C(Nc1cnn(C(C)C)c1)=C(/C)c1cc(C(=O)C2CC2)ccc1NC=O. The second-order valence-corrected chi connectivity index (χ2v) is 7.55. The normalized spacial score (nSPS) is 14.6. The monoisotopic (exact) mass is 380 g/mol. The molecule has 1 aliphatic rings. The summed E-state index contributed by atoms with van der Waals surface area (Å²) in [6.45, 7) is 8.25. The van der Waals surface area contributed by atoms with E-state index < -0.39 is 0 Å². The van der Waals surface area contributed by atoms with Crippen LogP contribution in [0.3, 0.4) is 0 Å². The van der Waals surface area contributed by atoms with Gasteiger partial charge in [0.25, 0.3) is 0 Å². The Morgan fingerprint density at radius 3 is 2.68 bits per heavy atom. The number of carbonyl (C=O) groups excluding carboxylic acids is 2. The molecular weight excluding hydrogens is 352 g/mol. The van der Waals surface area contributed by atoms with E-state index in [1.807, 2.05) is 29.9 Å². The fraction of sp³-hybridized carbons (Fsp3) is 0.409. The van der Waals surface area contributed by atoms with Crippen molar-refractivity contribution in [2.24, 2.45) is 5.92 Å². The predicted octanol–water partition coefficient (Wildman–Crippen LogP) is 4.88. The number of hydrogen-bond acceptors (Lipinski definition) is 4. The summed E-state index contributed by atoms with van der Waals surface area (Å²) in [5.74, 6) is 0.351. The zero-order chi connectivity index (χ0) is 20.3. The molecule has 2 N–H and O–H groups in total. The number of hydrogen-bond donors (Lipinski definition) is 2. The molecule has 1 aliphatic carbocycles. The van der Waals surface area contributed by atoms with Gasteiger partial charge in [0.15, 0.2) is 5.78 Å². The zero-order valence-corrected chi connectivity index (χ0v) is 17.0. The summed E-state index contributed by atoms with van der Waals surface area (Å²) in [4.78, 5) is 23.6. The number of anilines is 2. The van der Waals surface area contributed by atoms with Crippen LogP contribution in [-0.4, -0.2) is 22.0 Å². The number of aromatic nitrogens is 2. The van der Waals surface area contributed by atoms with Crippen LogP contribution in [0.25, 0.3) is 5.57 Å². The van der Waals surface area contributed by atoms with Crippen LogP contribution in [0.1, 0.15) is 68.9 Å². The maximum absolute atomic E-state index is 12.5. The first kappa shape index (κ1) is 19.9. The molecule has 3 rings (SSSR count). The quantitative estimate of drug-likeness (QED) is 0.480. The smallest absolute Gasteiger partial charge is 0.211 e. The summed E-state index contributed by atoms with van der Waals surface area (Å²) < 4.78 is 1.90. The molecule has 1 fully saturated rings. The largest absolute Gasteiger partial charge is 0.356 e. The Kier molecular flexibility index (Phi) is 5.97. The summed E-state index contributed by atoms with van der Waals surface area (Å²) in [5.41, 5.74) is 5.20. The topological polar surface area (TPSA) is 76.0 Å². The van der Waals surface area contributed by atoms with Gasteiger partial charge < -0.3 is 10.6 Å². The van der Waals surface area contributed by atoms with Crippen LogP contribution >= 0.6 is 0 Å². The van der Waals surface area contributed by atoms with Gasteiger partial charge in [-0.05, 0) is 63.8 Å². The average molecular weight is 380 g/mol. The standard InChI is InChI=1S/C22H28N4O2/c1-5-20(25-18-11-24-26(12-18)14(2)3)15(4)19-10-17(22(28)16-6-7-16)8-9-21(19)23-13-27/h8-14,16,25H,5-7H2,1-4H3,(H,23,27)/b20-15+. The van der Waals surface area contributed by atoms with Gasteiger partial charge in [-0.3, -0.25) is 14.3 Å². The van der Waals surface area contributed by atoms with Crippen LogP contribution in [0.15, 0.2) is 36.3 Å². The Bertz CT molecular complexity index is 907. The van der Waals surface area contributed by atoms with E-state index in [-0.39, 0.29) is 11.7 Å². The van der Waals surface area contributed by atoms with Crippen molar-refractivity contribution in [2.75, 3.05) is 10.6 Å². The van der Waals surface area contributed by atoms with E-state index in [2.05, 4.69) is 36.5 Å². The molecule has 0 unspecified atom stereocenters. The maximum atomic E-state index is 12.5. The fourth-order valence-electron chi connectivity index (χ4n) is 3.25. The van der Waals surface area contributed by atoms with Gasteiger partial charge in [-0.1, -0.05) is 6.92 Å². The Morgan fingerprint density at radius 2 is 2.11 bits per heavy atom. The molecule has 0 atom stereocenters. The highest BCUT2D eigenvalue weighted by Crippen LogP contribution is 2.35. The van der Waals surface area contributed by atoms with Crippen LogP contribution < -0.4 is 10.6 Å². The van der Waals surface area contributed by atoms with Crippen LogP contribution in [0, 0.1) is 5.92 Å². The molecule has 0 aliphatic heterocycles. The molecule has 28 heavy (non-hydrogen) atoms. The Labute approximate surface area is 166 Å². The van der Waals surface area contributed by atoms with Crippen molar-refractivity contribution in [2.45, 2.75) is 53.0 Å². The van der Waals surface area contributed by atoms with Crippen molar-refractivity contribution in [3.05, 3.63) is 47.4 Å². The van der Waals surface area contributed by atoms with Crippen molar-refractivity contribution >= 4 is 29.1 Å². The second-order valence-electron chi connectivity index (χ2n) is 7.55. The van der Waals surface area contributed by atoms with Crippen LogP contribution in [0.5, 0.6) is 0 Å². The van der Waals surface area contributed by atoms with Crippen molar-refractivity contribution in [1.29, 1.82) is 0 Å². The minimum atomic E-state index is 0.160. The van der Waals surface area contributed by atoms with E-state index in [0.717, 1.165) is 41.8 Å². The van der Waals surface area contributed by atoms with E-state index in [9.17, 15) is 9.59 Å². The van der Waals surface area contributed by atoms with E-state index >= 15 is 0 Å². The predicted molar refractivity (Wildman–Crippen MR) is 112 cm³/mol. The third kappa shape index (κ3) is 4.32. The highest BCUT2D eigenvalue weighted by Gasteiger charge is 2.30. The Hall–Kier alpha value is -2.89. The van der Waals surface area contributed by atoms with Gasteiger partial charge in [0.1, 0.15) is 0 Å². The molecule has 148 valence electrons. The lowest BCUT2D eigenvalue weighted by molar-refractivity contribution is -0.105. The average Bonchev–Trinajstić information content (AvgIpc) is 3.43. The molecule has 1 aromatic heterocycles. The molecule has 6 heteroatoms. The number of rotatable bonds is 9. The number of benzene rings is 1. The molecule has 0 saturated heterocycles. The molecule has 0 bridgehead atoms. The molecule has 0 spiro atoms. The first-order valence-electron chi connectivity index (χ1n) is 9.84. The fourth-order valence-corrected chi connectivity index (χ4v) is 3.25. The second kappa shape index (κ2) is 8.42. The van der Waals surface area contributed by atoms with Gasteiger partial charge in [-0.25, -0.2) is 0 Å². The zero-order valence-electron chi connectivity index (χ0n) is 17.0. The van der Waals surface area contributed by atoms with Crippen molar-refractivity contribution in [3.63, 3.8) is 0 Å². The number of ketones is 1. The summed E-state index contributed by atoms with van der Waals surface area (Å²) in [6, 6.07) is 5.80. The van der Waals surface area contributed by atoms with Crippen LogP contribution in [-0.2, 0) is 4.79 Å². The van der Waals surface area contributed by atoms with Crippen molar-refractivity contribution in [1.82, 2.24) is 9.78 Å². The molecule has 1 heterocycles. The van der Waals surface area contributed by atoms with Gasteiger partial charge in [0.05, 0.1) is 11.9 Å². The molecule has 2 aromatic rings. The van der Waals surface area contributed by atoms with Gasteiger partial charge in [0, 0.05) is 40.7 Å². The first-order valence-corrected chi connectivity index (χ1v) is 9.84. The number of nitrogens with zero attached hydrogens (tertiary/aromatic N) is 2. The third-order valence-corrected chi connectivity index (χ3v) is 5.10. The molecule has 6 nitrogen and oxygen atoms in total. The van der Waals surface area contributed by atoms with Crippen molar-refractivity contribution < 1.29 is 9.59 Å². The molecule has 1 aromatic carbocycles. The van der Waals surface area contributed by atoms with Crippen LogP contribution in [0.4, 0.5) is 11.4 Å². The molecule has 0 radical (unpaired) electrons. The number of carbonyl (C=O) groups is 2. The number of Topliss-reactive ketones (excluding diaryl/α,β-unsaturated/α-hetero) is 1. The van der Waals surface area contributed by atoms with E-state index in [1.165, 1.54) is 0 Å². The van der Waals surface area contributed by atoms with Gasteiger partial charge in [-0.15, -0.1) is 0 Å². The molecular formula is C22H28N4O2. The summed E-state index contributed by atoms with van der Waals surface area (Å²) in [7, 11) is 0. The minimum Gasteiger partial charge on any atom is -0.356 e. The number of amides is 1. The van der Waals surface area contributed by atoms with E-state index in [1.54, 1.807) is 12.3 Å². The third-order valence-electron chi connectivity index (χ3n) is 5.10.